The van der Waals surface area contributed by atoms with Gasteiger partial charge in [0.25, 0.3) is 0 Å². The Kier molecular flexibility index (Phi) is 3.48. The molecule has 0 radical (unpaired) electrons. The monoisotopic (exact) mass is 254 g/mol. The summed E-state index contributed by atoms with van der Waals surface area (Å²) in [6.07, 6.45) is 0. The normalized spacial score (nSPS) is 11.3. The summed E-state index contributed by atoms with van der Waals surface area (Å²) in [4.78, 5) is 12.2. The molecule has 0 unspecified atom stereocenters. The molecule has 0 aliphatic carbocycles. The predicted octanol–water partition coefficient (Wildman–Crippen LogP) is 3.46. The van der Waals surface area contributed by atoms with Crippen LogP contribution in [-0.2, 0) is 0 Å². The third-order valence-corrected chi connectivity index (χ3v) is 5.11. The first-order valence-electron chi connectivity index (χ1n) is 6.19. The van der Waals surface area contributed by atoms with Gasteiger partial charge in [-0.25, -0.2) is 0 Å². The Bertz CT molecular complexity index is 536. The van der Waals surface area contributed by atoms with Gasteiger partial charge in [0.05, 0.1) is 8.07 Å². The Morgan fingerprint density at radius 2 is 1.28 bits per heavy atom. The molecule has 0 saturated heterocycles. The number of rotatable bonds is 3. The van der Waals surface area contributed by atoms with E-state index in [9.17, 15) is 4.79 Å². The highest BCUT2D eigenvalue weighted by molar-refractivity contribution is 6.88. The number of ketones is 1. The van der Waals surface area contributed by atoms with Crippen LogP contribution in [0.1, 0.15) is 15.9 Å². The molecule has 0 atom stereocenters. The molecule has 0 fully saturated rings. The number of carbonyl (C=O) groups is 1. The van der Waals surface area contributed by atoms with Gasteiger partial charge < -0.3 is 0 Å². The molecule has 0 saturated carbocycles. The summed E-state index contributed by atoms with van der Waals surface area (Å²) < 4.78 is 0. The zero-order chi connectivity index (χ0) is 13.2. The molecule has 0 aliphatic heterocycles. The Morgan fingerprint density at radius 1 is 0.778 bits per heavy atom. The molecule has 2 rings (SSSR count). The second-order valence-corrected chi connectivity index (χ2v) is 10.6. The minimum atomic E-state index is -1.28. The summed E-state index contributed by atoms with van der Waals surface area (Å²) in [5.41, 5.74) is 1.52. The molecule has 0 amide bonds. The van der Waals surface area contributed by atoms with Gasteiger partial charge in [-0.1, -0.05) is 79.4 Å². The average Bonchev–Trinajstić information content (AvgIpc) is 2.38. The molecule has 92 valence electrons. The smallest absolute Gasteiger partial charge is 0.193 e. The maximum absolute atomic E-state index is 12.2. The van der Waals surface area contributed by atoms with E-state index in [0.717, 1.165) is 11.1 Å². The highest BCUT2D eigenvalue weighted by Crippen LogP contribution is 2.10. The van der Waals surface area contributed by atoms with Crippen molar-refractivity contribution in [1.82, 2.24) is 0 Å². The first kappa shape index (κ1) is 12.8. The number of hydrogen-bond donors (Lipinski definition) is 0. The van der Waals surface area contributed by atoms with Gasteiger partial charge >= 0.3 is 0 Å². The summed E-state index contributed by atoms with van der Waals surface area (Å²) in [5.74, 6) is 0.0951. The minimum absolute atomic E-state index is 0.0951. The molecule has 1 nitrogen and oxygen atoms in total. The van der Waals surface area contributed by atoms with Crippen LogP contribution in [0.4, 0.5) is 0 Å². The molecular weight excluding hydrogens is 236 g/mol. The van der Waals surface area contributed by atoms with Crippen LogP contribution in [0.15, 0.2) is 54.6 Å². The van der Waals surface area contributed by atoms with Crippen LogP contribution in [0, 0.1) is 0 Å². The Balaban J connectivity index is 2.28. The van der Waals surface area contributed by atoms with E-state index in [1.807, 2.05) is 42.5 Å². The van der Waals surface area contributed by atoms with E-state index in [-0.39, 0.29) is 5.78 Å². The van der Waals surface area contributed by atoms with Gasteiger partial charge in [0.2, 0.25) is 0 Å². The van der Waals surface area contributed by atoms with Gasteiger partial charge in [-0.05, 0) is 0 Å². The molecular formula is C16H18OSi. The van der Waals surface area contributed by atoms with Gasteiger partial charge in [0.1, 0.15) is 0 Å². The van der Waals surface area contributed by atoms with Crippen molar-refractivity contribution in [3.8, 4) is 0 Å². The maximum Gasteiger partial charge on any atom is 0.193 e. The van der Waals surface area contributed by atoms with Crippen LogP contribution in [0.3, 0.4) is 0 Å². The Labute approximate surface area is 109 Å². The van der Waals surface area contributed by atoms with Gasteiger partial charge in [-0.3, -0.25) is 4.79 Å². The van der Waals surface area contributed by atoms with Gasteiger partial charge in [-0.15, -0.1) is 0 Å². The number of benzene rings is 2. The summed E-state index contributed by atoms with van der Waals surface area (Å²) >= 11 is 0. The SMILES string of the molecule is C[Si](C)(C)c1ccc(C(=O)c2ccccc2)cc1. The molecule has 0 aliphatic rings. The Morgan fingerprint density at radius 3 is 1.78 bits per heavy atom. The standard InChI is InChI=1S/C16H18OSi/c1-18(2,3)15-11-9-14(10-12-15)16(17)13-7-5-4-6-8-13/h4-12H,1-3H3. The van der Waals surface area contributed by atoms with E-state index in [2.05, 4.69) is 31.8 Å². The molecule has 0 heterocycles. The predicted molar refractivity (Wildman–Crippen MR) is 79.3 cm³/mol. The molecule has 0 spiro atoms. The van der Waals surface area contributed by atoms with E-state index in [0.29, 0.717) is 0 Å². The van der Waals surface area contributed by atoms with Gasteiger partial charge in [0, 0.05) is 11.1 Å². The highest BCUT2D eigenvalue weighted by atomic mass is 28.3. The third kappa shape index (κ3) is 2.77. The molecule has 0 N–H and O–H groups in total. The molecule has 18 heavy (non-hydrogen) atoms. The lowest BCUT2D eigenvalue weighted by Gasteiger charge is -2.16. The topological polar surface area (TPSA) is 17.1 Å². The van der Waals surface area contributed by atoms with Crippen LogP contribution in [-0.4, -0.2) is 13.9 Å². The van der Waals surface area contributed by atoms with E-state index >= 15 is 0 Å². The van der Waals surface area contributed by atoms with Crippen molar-refractivity contribution in [3.63, 3.8) is 0 Å². The fourth-order valence-electron chi connectivity index (χ4n) is 1.88. The molecule has 2 aromatic rings. The Hall–Kier alpha value is -1.67. The lowest BCUT2D eigenvalue weighted by molar-refractivity contribution is 0.103. The highest BCUT2D eigenvalue weighted by Gasteiger charge is 2.16. The fraction of sp³-hybridized carbons (Fsp3) is 0.188. The minimum Gasteiger partial charge on any atom is -0.289 e. The number of carbonyl (C=O) groups excluding carboxylic acids is 1. The van der Waals surface area contributed by atoms with Crippen LogP contribution < -0.4 is 5.19 Å². The largest absolute Gasteiger partial charge is 0.289 e. The van der Waals surface area contributed by atoms with Crippen LogP contribution in [0.25, 0.3) is 0 Å². The van der Waals surface area contributed by atoms with Crippen molar-refractivity contribution in [2.45, 2.75) is 19.6 Å². The van der Waals surface area contributed by atoms with Crippen molar-refractivity contribution in [2.24, 2.45) is 0 Å². The first-order valence-corrected chi connectivity index (χ1v) is 9.69. The summed E-state index contributed by atoms with van der Waals surface area (Å²) in [5, 5.41) is 1.38. The first-order chi connectivity index (χ1) is 8.48. The average molecular weight is 254 g/mol. The number of hydrogen-bond acceptors (Lipinski definition) is 1. The summed E-state index contributed by atoms with van der Waals surface area (Å²) in [6, 6.07) is 17.5. The molecule has 2 aromatic carbocycles. The molecule has 0 aromatic heterocycles. The van der Waals surface area contributed by atoms with E-state index < -0.39 is 8.07 Å². The quantitative estimate of drug-likeness (QED) is 0.605. The molecule has 2 heteroatoms. The van der Waals surface area contributed by atoms with Crippen molar-refractivity contribution in [1.29, 1.82) is 0 Å². The lowest BCUT2D eigenvalue weighted by atomic mass is 10.0. The molecule has 0 bridgehead atoms. The van der Waals surface area contributed by atoms with Gasteiger partial charge in [-0.2, -0.15) is 0 Å². The second-order valence-electron chi connectivity index (χ2n) is 5.52. The van der Waals surface area contributed by atoms with E-state index in [4.69, 9.17) is 0 Å². The summed E-state index contributed by atoms with van der Waals surface area (Å²) in [7, 11) is -1.28. The van der Waals surface area contributed by atoms with Crippen molar-refractivity contribution < 1.29 is 4.79 Å². The maximum atomic E-state index is 12.2. The zero-order valence-corrected chi connectivity index (χ0v) is 12.1. The van der Waals surface area contributed by atoms with Crippen LogP contribution >= 0.6 is 0 Å². The summed E-state index contributed by atoms with van der Waals surface area (Å²) in [6.45, 7) is 6.92. The third-order valence-electron chi connectivity index (χ3n) is 3.05. The van der Waals surface area contributed by atoms with Gasteiger partial charge in [0.15, 0.2) is 5.78 Å². The second kappa shape index (κ2) is 4.90. The van der Waals surface area contributed by atoms with Crippen LogP contribution in [0.2, 0.25) is 19.6 Å². The lowest BCUT2D eigenvalue weighted by Crippen LogP contribution is -2.37. The van der Waals surface area contributed by atoms with E-state index in [1.165, 1.54) is 5.19 Å². The van der Waals surface area contributed by atoms with Crippen molar-refractivity contribution in [3.05, 3.63) is 65.7 Å². The van der Waals surface area contributed by atoms with Crippen LogP contribution in [0.5, 0.6) is 0 Å². The zero-order valence-electron chi connectivity index (χ0n) is 11.1. The van der Waals surface area contributed by atoms with Crippen molar-refractivity contribution in [2.75, 3.05) is 0 Å². The fourth-order valence-corrected chi connectivity index (χ4v) is 3.04. The van der Waals surface area contributed by atoms with Crippen molar-refractivity contribution >= 4 is 19.0 Å². The van der Waals surface area contributed by atoms with E-state index in [1.54, 1.807) is 0 Å².